The van der Waals surface area contributed by atoms with Crippen LogP contribution in [0.1, 0.15) is 5.69 Å². The summed E-state index contributed by atoms with van der Waals surface area (Å²) in [6.07, 6.45) is 1.33. The van der Waals surface area contributed by atoms with Gasteiger partial charge in [0.1, 0.15) is 5.75 Å². The molecule has 21 heavy (non-hydrogen) atoms. The number of nitrogens with one attached hydrogen (secondary N) is 1. The lowest BCUT2D eigenvalue weighted by molar-refractivity contribution is -0.0511. The van der Waals surface area contributed by atoms with Crippen LogP contribution in [-0.2, 0) is 6.54 Å². The molecule has 0 aliphatic rings. The van der Waals surface area contributed by atoms with Crippen LogP contribution < -0.4 is 14.8 Å². The van der Waals surface area contributed by atoms with Gasteiger partial charge in [0.15, 0.2) is 11.5 Å². The monoisotopic (exact) mass is 296 g/mol. The van der Waals surface area contributed by atoms with Crippen molar-refractivity contribution < 1.29 is 23.4 Å². The third kappa shape index (κ3) is 4.20. The van der Waals surface area contributed by atoms with Gasteiger partial charge in [0.25, 0.3) is 0 Å². The minimum atomic E-state index is -2.92. The molecule has 0 bridgehead atoms. The first-order valence-corrected chi connectivity index (χ1v) is 6.09. The molecule has 5 nitrogen and oxygen atoms in total. The van der Waals surface area contributed by atoms with Gasteiger partial charge in [-0.2, -0.15) is 8.78 Å². The molecular weight excluding hydrogens is 282 g/mol. The number of anilines is 1. The average molecular weight is 296 g/mol. The van der Waals surface area contributed by atoms with Gasteiger partial charge >= 0.3 is 6.61 Å². The minimum absolute atomic E-state index is 0.0452. The number of alkyl halides is 2. The van der Waals surface area contributed by atoms with E-state index in [2.05, 4.69) is 15.0 Å². The molecule has 2 aromatic rings. The van der Waals surface area contributed by atoms with Crippen LogP contribution in [0.3, 0.4) is 0 Å². The Kier molecular flexibility index (Phi) is 4.76. The van der Waals surface area contributed by atoms with Crippen molar-refractivity contribution in [2.24, 2.45) is 0 Å². The summed E-state index contributed by atoms with van der Waals surface area (Å²) in [6, 6.07) is 7.80. The second-order valence-electron chi connectivity index (χ2n) is 4.11. The highest BCUT2D eigenvalue weighted by Crippen LogP contribution is 2.31. The zero-order valence-electron chi connectivity index (χ0n) is 11.2. The molecule has 0 fully saturated rings. The normalized spacial score (nSPS) is 10.5. The molecule has 0 aliphatic carbocycles. The number of nitrogens with zero attached hydrogens (tertiary/aromatic N) is 1. The first kappa shape index (κ1) is 14.8. The topological polar surface area (TPSA) is 63.6 Å². The molecule has 0 saturated carbocycles. The summed E-state index contributed by atoms with van der Waals surface area (Å²) in [5.41, 5.74) is 1.28. The van der Waals surface area contributed by atoms with E-state index in [-0.39, 0.29) is 17.2 Å². The van der Waals surface area contributed by atoms with Crippen molar-refractivity contribution in [3.05, 3.63) is 42.2 Å². The lowest BCUT2D eigenvalue weighted by atomic mass is 10.2. The van der Waals surface area contributed by atoms with E-state index in [0.29, 0.717) is 17.9 Å². The number of rotatable bonds is 6. The molecule has 0 unspecified atom stereocenters. The largest absolute Gasteiger partial charge is 0.506 e. The van der Waals surface area contributed by atoms with Crippen molar-refractivity contribution in [1.82, 2.24) is 4.98 Å². The van der Waals surface area contributed by atoms with Gasteiger partial charge in [-0.25, -0.2) is 0 Å². The minimum Gasteiger partial charge on any atom is -0.506 e. The molecule has 0 amide bonds. The molecule has 0 radical (unpaired) electrons. The van der Waals surface area contributed by atoms with E-state index in [1.807, 2.05) is 0 Å². The Morgan fingerprint density at radius 2 is 2.05 bits per heavy atom. The molecule has 1 heterocycles. The van der Waals surface area contributed by atoms with Gasteiger partial charge in [-0.15, -0.1) is 0 Å². The van der Waals surface area contributed by atoms with Crippen LogP contribution in [0.15, 0.2) is 36.5 Å². The standard InChI is InChI=1S/C14H14F2N2O3/c1-20-12-5-3-9(6-13(12)21-14(15)16)17-7-10-2-4-11(19)8-18-10/h2-6,8,14,17,19H,7H2,1H3. The number of benzene rings is 1. The summed E-state index contributed by atoms with van der Waals surface area (Å²) in [6.45, 7) is -2.55. The molecule has 1 aromatic heterocycles. The smallest absolute Gasteiger partial charge is 0.387 e. The van der Waals surface area contributed by atoms with Crippen molar-refractivity contribution in [2.45, 2.75) is 13.2 Å². The van der Waals surface area contributed by atoms with Gasteiger partial charge in [-0.3, -0.25) is 4.98 Å². The number of methoxy groups -OCH3 is 1. The maximum absolute atomic E-state index is 12.3. The van der Waals surface area contributed by atoms with E-state index in [0.717, 1.165) is 0 Å². The van der Waals surface area contributed by atoms with Gasteiger partial charge in [0.05, 0.1) is 25.5 Å². The zero-order valence-corrected chi connectivity index (χ0v) is 11.2. The maximum atomic E-state index is 12.3. The van der Waals surface area contributed by atoms with Crippen LogP contribution >= 0.6 is 0 Å². The van der Waals surface area contributed by atoms with E-state index in [1.54, 1.807) is 12.1 Å². The van der Waals surface area contributed by atoms with Crippen LogP contribution in [0.4, 0.5) is 14.5 Å². The number of aromatic hydroxyl groups is 1. The molecule has 0 saturated heterocycles. The lowest BCUT2D eigenvalue weighted by Gasteiger charge is -2.12. The summed E-state index contributed by atoms with van der Waals surface area (Å²) in [5, 5.41) is 12.2. The van der Waals surface area contributed by atoms with Crippen LogP contribution in [0.25, 0.3) is 0 Å². The molecule has 2 rings (SSSR count). The Bertz CT molecular complexity index is 591. The summed E-state index contributed by atoms with van der Waals surface area (Å²) < 4.78 is 34.0. The molecule has 0 spiro atoms. The third-order valence-corrected chi connectivity index (χ3v) is 2.66. The second-order valence-corrected chi connectivity index (χ2v) is 4.11. The predicted octanol–water partition coefficient (Wildman–Crippen LogP) is 3.01. The fourth-order valence-electron chi connectivity index (χ4n) is 1.69. The van der Waals surface area contributed by atoms with Crippen molar-refractivity contribution in [3.63, 3.8) is 0 Å². The summed E-state index contributed by atoms with van der Waals surface area (Å²) >= 11 is 0. The Labute approximate surface area is 120 Å². The van der Waals surface area contributed by atoms with Gasteiger partial charge in [-0.1, -0.05) is 0 Å². The Hall–Kier alpha value is -2.57. The summed E-state index contributed by atoms with van der Waals surface area (Å²) in [4.78, 5) is 4.01. The van der Waals surface area contributed by atoms with Crippen molar-refractivity contribution in [3.8, 4) is 17.2 Å². The second kappa shape index (κ2) is 6.74. The fourth-order valence-corrected chi connectivity index (χ4v) is 1.69. The Morgan fingerprint density at radius 3 is 2.67 bits per heavy atom. The highest BCUT2D eigenvalue weighted by atomic mass is 19.3. The highest BCUT2D eigenvalue weighted by Gasteiger charge is 2.11. The number of hydrogen-bond acceptors (Lipinski definition) is 5. The van der Waals surface area contributed by atoms with Crippen LogP contribution in [-0.4, -0.2) is 23.8 Å². The van der Waals surface area contributed by atoms with Gasteiger partial charge in [-0.05, 0) is 24.3 Å². The van der Waals surface area contributed by atoms with Crippen molar-refractivity contribution >= 4 is 5.69 Å². The molecule has 0 aliphatic heterocycles. The maximum Gasteiger partial charge on any atom is 0.387 e. The average Bonchev–Trinajstić information content (AvgIpc) is 2.46. The fraction of sp³-hybridized carbons (Fsp3) is 0.214. The Balaban J connectivity index is 2.07. The lowest BCUT2D eigenvalue weighted by Crippen LogP contribution is -2.05. The van der Waals surface area contributed by atoms with E-state index in [9.17, 15) is 8.78 Å². The number of halogens is 2. The SMILES string of the molecule is COc1ccc(NCc2ccc(O)cn2)cc1OC(F)F. The van der Waals surface area contributed by atoms with E-state index >= 15 is 0 Å². The summed E-state index contributed by atoms with van der Waals surface area (Å²) in [7, 11) is 1.38. The van der Waals surface area contributed by atoms with Gasteiger partial charge in [0.2, 0.25) is 0 Å². The van der Waals surface area contributed by atoms with Crippen LogP contribution in [0, 0.1) is 0 Å². The Morgan fingerprint density at radius 1 is 1.24 bits per heavy atom. The van der Waals surface area contributed by atoms with E-state index < -0.39 is 6.61 Å². The molecule has 2 N–H and O–H groups in total. The first-order chi connectivity index (χ1) is 10.1. The van der Waals surface area contributed by atoms with Crippen LogP contribution in [0.2, 0.25) is 0 Å². The number of hydrogen-bond donors (Lipinski definition) is 2. The highest BCUT2D eigenvalue weighted by molar-refractivity contribution is 5.54. The molecule has 7 heteroatoms. The van der Waals surface area contributed by atoms with Crippen molar-refractivity contribution in [1.29, 1.82) is 0 Å². The van der Waals surface area contributed by atoms with Gasteiger partial charge < -0.3 is 19.9 Å². The zero-order chi connectivity index (χ0) is 15.2. The van der Waals surface area contributed by atoms with E-state index in [4.69, 9.17) is 9.84 Å². The van der Waals surface area contributed by atoms with Gasteiger partial charge in [0, 0.05) is 11.8 Å². The molecule has 0 atom stereocenters. The number of pyridine rings is 1. The molecule has 112 valence electrons. The quantitative estimate of drug-likeness (QED) is 0.858. The third-order valence-electron chi connectivity index (χ3n) is 2.66. The van der Waals surface area contributed by atoms with Crippen molar-refractivity contribution in [2.75, 3.05) is 12.4 Å². The number of ether oxygens (including phenoxy) is 2. The first-order valence-electron chi connectivity index (χ1n) is 6.09. The van der Waals surface area contributed by atoms with E-state index in [1.165, 1.54) is 31.5 Å². The predicted molar refractivity (Wildman–Crippen MR) is 72.9 cm³/mol. The number of aromatic nitrogens is 1. The molecule has 1 aromatic carbocycles. The summed E-state index contributed by atoms with van der Waals surface area (Å²) in [5.74, 6) is 0.260. The van der Waals surface area contributed by atoms with Crippen LogP contribution in [0.5, 0.6) is 17.2 Å². The molecular formula is C14H14F2N2O3.